The van der Waals surface area contributed by atoms with Crippen molar-refractivity contribution in [3.8, 4) is 6.07 Å². The summed E-state index contributed by atoms with van der Waals surface area (Å²) in [6, 6.07) is 3.61. The van der Waals surface area contributed by atoms with E-state index in [9.17, 15) is 24.8 Å². The van der Waals surface area contributed by atoms with Crippen LogP contribution < -0.4 is 15.5 Å². The zero-order valence-electron chi connectivity index (χ0n) is 22.7. The summed E-state index contributed by atoms with van der Waals surface area (Å²) in [5.41, 5.74) is 3.06. The van der Waals surface area contributed by atoms with Crippen LogP contribution in [0, 0.1) is 11.3 Å². The lowest BCUT2D eigenvalue weighted by Crippen LogP contribution is -2.43. The molecule has 1 unspecified atom stereocenters. The van der Waals surface area contributed by atoms with Crippen LogP contribution in [0.25, 0.3) is 0 Å². The molecule has 39 heavy (non-hydrogen) atoms. The number of allylic oxidation sites excluding steroid dienone is 5. The van der Waals surface area contributed by atoms with Crippen LogP contribution in [0.1, 0.15) is 54.7 Å². The number of pyridine rings is 1. The minimum Gasteiger partial charge on any atom is -0.383 e. The van der Waals surface area contributed by atoms with Gasteiger partial charge in [-0.3, -0.25) is 14.5 Å². The Labute approximate surface area is 228 Å². The van der Waals surface area contributed by atoms with E-state index in [1.807, 2.05) is 19.1 Å². The van der Waals surface area contributed by atoms with Gasteiger partial charge in [-0.15, -0.1) is 0 Å². The van der Waals surface area contributed by atoms with Gasteiger partial charge < -0.3 is 25.4 Å². The number of aliphatic hydroxyl groups is 1. The highest BCUT2D eigenvalue weighted by Crippen LogP contribution is 2.28. The molecule has 0 spiro atoms. The molecule has 3 N–H and O–H groups in total. The number of nitrogens with zero attached hydrogens (tertiary/aromatic N) is 4. The number of carbonyl (C=O) groups is 3. The van der Waals surface area contributed by atoms with Crippen molar-refractivity contribution < 1.29 is 24.2 Å². The molecule has 1 atom stereocenters. The number of anilines is 1. The van der Waals surface area contributed by atoms with E-state index in [4.69, 9.17) is 4.74 Å². The quantitative estimate of drug-likeness (QED) is 0.169. The third-order valence-corrected chi connectivity index (χ3v) is 6.48. The number of urea groups is 1. The molecule has 208 valence electrons. The molecule has 0 saturated carbocycles. The van der Waals surface area contributed by atoms with E-state index in [1.165, 1.54) is 9.80 Å². The van der Waals surface area contributed by atoms with Crippen LogP contribution in [-0.4, -0.2) is 72.7 Å². The van der Waals surface area contributed by atoms with Crippen molar-refractivity contribution in [1.82, 2.24) is 20.5 Å². The van der Waals surface area contributed by atoms with E-state index in [1.54, 1.807) is 26.2 Å². The van der Waals surface area contributed by atoms with Gasteiger partial charge in [-0.1, -0.05) is 13.0 Å². The zero-order valence-corrected chi connectivity index (χ0v) is 22.7. The van der Waals surface area contributed by atoms with Gasteiger partial charge in [-0.25, -0.2) is 9.78 Å². The van der Waals surface area contributed by atoms with Crippen molar-refractivity contribution in [1.29, 1.82) is 5.26 Å². The number of likely N-dealkylation sites (tertiary alicyclic amines) is 1. The smallest absolute Gasteiger partial charge is 0.327 e. The van der Waals surface area contributed by atoms with E-state index in [-0.39, 0.29) is 18.1 Å². The first-order valence-corrected chi connectivity index (χ1v) is 13.1. The van der Waals surface area contributed by atoms with Crippen LogP contribution in [0.5, 0.6) is 0 Å². The molecule has 11 heteroatoms. The van der Waals surface area contributed by atoms with Gasteiger partial charge in [0, 0.05) is 44.5 Å². The van der Waals surface area contributed by atoms with E-state index in [2.05, 4.69) is 21.7 Å². The molecule has 0 radical (unpaired) electrons. The second-order valence-corrected chi connectivity index (χ2v) is 9.38. The number of nitrogens with one attached hydrogen (secondary N) is 2. The van der Waals surface area contributed by atoms with Gasteiger partial charge in [0.2, 0.25) is 0 Å². The van der Waals surface area contributed by atoms with Gasteiger partial charge in [0.15, 0.2) is 6.29 Å². The van der Waals surface area contributed by atoms with Crippen LogP contribution in [0.15, 0.2) is 41.3 Å². The van der Waals surface area contributed by atoms with Crippen molar-refractivity contribution in [2.75, 3.05) is 38.3 Å². The summed E-state index contributed by atoms with van der Waals surface area (Å²) in [7, 11) is 1.59. The van der Waals surface area contributed by atoms with E-state index >= 15 is 0 Å². The fourth-order valence-electron chi connectivity index (χ4n) is 4.49. The molecule has 0 bridgehead atoms. The predicted octanol–water partition coefficient (Wildman–Crippen LogP) is 2.33. The maximum atomic E-state index is 13.3. The summed E-state index contributed by atoms with van der Waals surface area (Å²) in [6.07, 6.45) is 7.45. The number of amides is 3. The lowest BCUT2D eigenvalue weighted by molar-refractivity contribution is -0.134. The summed E-state index contributed by atoms with van der Waals surface area (Å²) in [4.78, 5) is 44.9. The summed E-state index contributed by atoms with van der Waals surface area (Å²) in [5, 5.41) is 25.5. The number of hydrogen-bond acceptors (Lipinski definition) is 8. The SMILES string of the molecule is CC/C=C/C(C#N)=C(\C=C(/C)NC(=O)N1CCCc2cc(CN3CCC(O)C3=O)c(C=O)nc21)NCCOC. The monoisotopic (exact) mass is 536 g/mol. The molecule has 2 aliphatic rings. The first-order valence-electron chi connectivity index (χ1n) is 13.1. The van der Waals surface area contributed by atoms with Crippen LogP contribution in [0.4, 0.5) is 10.6 Å². The van der Waals surface area contributed by atoms with Crippen LogP contribution >= 0.6 is 0 Å². The van der Waals surface area contributed by atoms with Crippen molar-refractivity contribution in [3.05, 3.63) is 58.1 Å². The molecular weight excluding hydrogens is 500 g/mol. The number of ether oxygens (including phenoxy) is 1. The third kappa shape index (κ3) is 7.52. The summed E-state index contributed by atoms with van der Waals surface area (Å²) in [6.45, 7) is 5.65. The van der Waals surface area contributed by atoms with Gasteiger partial charge >= 0.3 is 6.03 Å². The topological polar surface area (TPSA) is 148 Å². The minimum absolute atomic E-state index is 0.156. The highest BCUT2D eigenvalue weighted by molar-refractivity contribution is 5.94. The van der Waals surface area contributed by atoms with Gasteiger partial charge in [0.25, 0.3) is 5.91 Å². The van der Waals surface area contributed by atoms with Crippen molar-refractivity contribution in [2.45, 2.75) is 52.2 Å². The number of aliphatic hydroxyl groups excluding tert-OH is 1. The molecule has 1 fully saturated rings. The van der Waals surface area contributed by atoms with Gasteiger partial charge in [-0.2, -0.15) is 5.26 Å². The number of aldehydes is 1. The molecule has 0 aromatic carbocycles. The Morgan fingerprint density at radius 3 is 2.82 bits per heavy atom. The number of carbonyl (C=O) groups excluding carboxylic acids is 3. The highest BCUT2D eigenvalue weighted by Gasteiger charge is 2.31. The van der Waals surface area contributed by atoms with Gasteiger partial charge in [0.1, 0.15) is 23.7 Å². The Bertz CT molecular complexity index is 1220. The highest BCUT2D eigenvalue weighted by atomic mass is 16.5. The molecule has 1 aromatic rings. The number of fused-ring (bicyclic) bond motifs is 1. The Hall–Kier alpha value is -4.01. The molecule has 3 amide bonds. The average Bonchev–Trinajstić information content (AvgIpc) is 3.24. The predicted molar refractivity (Wildman–Crippen MR) is 146 cm³/mol. The Morgan fingerprint density at radius 1 is 1.38 bits per heavy atom. The van der Waals surface area contributed by atoms with E-state index in [0.717, 1.165) is 12.0 Å². The molecule has 1 aromatic heterocycles. The second kappa shape index (κ2) is 14.2. The summed E-state index contributed by atoms with van der Waals surface area (Å²) >= 11 is 0. The van der Waals surface area contributed by atoms with Crippen LogP contribution in [0.3, 0.4) is 0 Å². The minimum atomic E-state index is -1.01. The number of aryl methyl sites for hydroxylation is 1. The molecular formula is C28H36N6O5. The van der Waals surface area contributed by atoms with Gasteiger partial charge in [-0.05, 0) is 56.4 Å². The number of aromatic nitrogens is 1. The molecule has 0 aliphatic carbocycles. The molecule has 2 aliphatic heterocycles. The van der Waals surface area contributed by atoms with Crippen molar-refractivity contribution in [3.63, 3.8) is 0 Å². The number of hydrogen-bond donors (Lipinski definition) is 3. The number of methoxy groups -OCH3 is 1. The number of rotatable bonds is 11. The fourth-order valence-corrected chi connectivity index (χ4v) is 4.49. The standard InChI is InChI=1S/C28H36N6O5/c1-4-5-7-21(16-29)23(30-10-13-39-3)14-19(2)31-28(38)34-11-6-8-20-15-22(24(18-35)32-26(20)34)17-33-12-9-25(36)27(33)37/h5,7,14-15,18,25,30,36H,4,6,8-13,17H2,1-3H3,(H,31,38)/b7-5+,19-14+,23-21-. The molecule has 3 heterocycles. The number of nitriles is 1. The first kappa shape index (κ1) is 29.5. The van der Waals surface area contributed by atoms with Crippen LogP contribution in [-0.2, 0) is 22.5 Å². The van der Waals surface area contributed by atoms with Gasteiger partial charge in [0.05, 0.1) is 17.9 Å². The molecule has 11 nitrogen and oxygen atoms in total. The lowest BCUT2D eigenvalue weighted by Gasteiger charge is -2.30. The summed E-state index contributed by atoms with van der Waals surface area (Å²) < 4.78 is 5.10. The molecule has 3 rings (SSSR count). The largest absolute Gasteiger partial charge is 0.383 e. The maximum absolute atomic E-state index is 13.3. The second-order valence-electron chi connectivity index (χ2n) is 9.38. The maximum Gasteiger partial charge on any atom is 0.327 e. The first-order chi connectivity index (χ1) is 18.8. The lowest BCUT2D eigenvalue weighted by atomic mass is 10.0. The molecule has 1 saturated heterocycles. The Balaban J connectivity index is 1.83. The van der Waals surface area contributed by atoms with Crippen molar-refractivity contribution >= 4 is 24.0 Å². The zero-order chi connectivity index (χ0) is 28.4. The fraction of sp³-hybridized carbons (Fsp3) is 0.464. The van der Waals surface area contributed by atoms with E-state index < -0.39 is 12.1 Å². The van der Waals surface area contributed by atoms with Crippen LogP contribution in [0.2, 0.25) is 0 Å². The third-order valence-electron chi connectivity index (χ3n) is 6.48. The Morgan fingerprint density at radius 2 is 2.18 bits per heavy atom. The normalized spacial score (nSPS) is 18.1. The van der Waals surface area contributed by atoms with E-state index in [0.29, 0.717) is 80.1 Å². The Kier molecular flexibility index (Phi) is 10.8. The summed E-state index contributed by atoms with van der Waals surface area (Å²) in [5.74, 6) is 0.0467. The average molecular weight is 537 g/mol. The van der Waals surface area contributed by atoms with Crippen molar-refractivity contribution in [2.24, 2.45) is 0 Å².